The van der Waals surface area contributed by atoms with Gasteiger partial charge in [0.1, 0.15) is 5.60 Å². The van der Waals surface area contributed by atoms with Crippen molar-refractivity contribution < 1.29 is 14.7 Å². The summed E-state index contributed by atoms with van der Waals surface area (Å²) in [5, 5.41) is 12.6. The molecule has 0 bridgehead atoms. The average molecular weight is 455 g/mol. The molecule has 0 aromatic heterocycles. The molecule has 0 spiro atoms. The zero-order valence-corrected chi connectivity index (χ0v) is 19.0. The van der Waals surface area contributed by atoms with Gasteiger partial charge in [-0.3, -0.25) is 9.59 Å². The van der Waals surface area contributed by atoms with E-state index >= 15 is 0 Å². The third-order valence-corrected chi connectivity index (χ3v) is 7.06. The van der Waals surface area contributed by atoms with Crippen molar-refractivity contribution in [1.29, 1.82) is 0 Å². The van der Waals surface area contributed by atoms with E-state index in [-0.39, 0.29) is 17.9 Å². The number of piperazine rings is 1. The highest BCUT2D eigenvalue weighted by atomic mass is 35.5. The molecule has 1 saturated heterocycles. The maximum atomic E-state index is 13.0. The Balaban J connectivity index is 1.29. The Hall–Kier alpha value is -2.61. The maximum absolute atomic E-state index is 13.0. The van der Waals surface area contributed by atoms with E-state index in [9.17, 15) is 14.7 Å². The Bertz CT molecular complexity index is 1090. The van der Waals surface area contributed by atoms with Crippen LogP contribution in [0.15, 0.2) is 36.4 Å². The molecule has 1 unspecified atom stereocenters. The van der Waals surface area contributed by atoms with Crippen LogP contribution < -0.4 is 10.4 Å². The number of carbonyl (C=O) groups is 2. The van der Waals surface area contributed by atoms with Crippen molar-refractivity contribution in [2.45, 2.75) is 31.4 Å². The smallest absolute Gasteiger partial charge is 0.254 e. The van der Waals surface area contributed by atoms with Crippen LogP contribution in [0.1, 0.15) is 41.7 Å². The predicted octanol–water partition coefficient (Wildman–Crippen LogP) is 2.83. The summed E-state index contributed by atoms with van der Waals surface area (Å²) in [5.41, 5.74) is 7.02. The van der Waals surface area contributed by atoms with Gasteiger partial charge in [0.05, 0.1) is 11.7 Å². The van der Waals surface area contributed by atoms with E-state index < -0.39 is 5.60 Å². The first-order valence-corrected chi connectivity index (χ1v) is 11.4. The fourth-order valence-corrected chi connectivity index (χ4v) is 4.90. The first kappa shape index (κ1) is 21.2. The number of amides is 2. The van der Waals surface area contributed by atoms with Gasteiger partial charge in [-0.15, -0.1) is 0 Å². The summed E-state index contributed by atoms with van der Waals surface area (Å²) in [6.07, 6.45) is 1.07. The van der Waals surface area contributed by atoms with Gasteiger partial charge in [0, 0.05) is 49.4 Å². The van der Waals surface area contributed by atoms with Crippen LogP contribution in [0.3, 0.4) is 0 Å². The van der Waals surface area contributed by atoms with Crippen molar-refractivity contribution >= 4 is 29.1 Å². The summed E-state index contributed by atoms with van der Waals surface area (Å²) in [7, 11) is 2.00. The Morgan fingerprint density at radius 2 is 1.75 bits per heavy atom. The highest BCUT2D eigenvalue weighted by molar-refractivity contribution is 6.33. The topological polar surface area (TPSA) is 76.1 Å². The minimum absolute atomic E-state index is 0.0934. The Morgan fingerprint density at radius 3 is 2.41 bits per heavy atom. The monoisotopic (exact) mass is 454 g/mol. The number of hydrazine groups is 1. The lowest BCUT2D eigenvalue weighted by Gasteiger charge is -2.35. The number of hydrogen-bond acceptors (Lipinski definition) is 5. The van der Waals surface area contributed by atoms with Crippen LogP contribution in [0.4, 0.5) is 5.69 Å². The quantitative estimate of drug-likeness (QED) is 0.745. The second kappa shape index (κ2) is 7.76. The number of fused-ring (bicyclic) bond motifs is 1. The van der Waals surface area contributed by atoms with E-state index in [1.807, 2.05) is 30.3 Å². The second-order valence-electron chi connectivity index (χ2n) is 8.99. The molecule has 1 aliphatic carbocycles. The molecule has 1 saturated carbocycles. The molecule has 2 amide bonds. The number of anilines is 1. The van der Waals surface area contributed by atoms with E-state index in [1.54, 1.807) is 15.9 Å². The standard InChI is InChI=1S/C24H27ClN4O3/c1-15-19-13-16(4-6-21(19)27(2)26-15)18-5-3-17(14-20(18)25)22(30)28-9-11-29(12-10-28)23(31)24(32)7-8-24/h3-6,13-15,26,32H,7-12H2,1-2H3. The Labute approximate surface area is 192 Å². The van der Waals surface area contributed by atoms with Gasteiger partial charge in [-0.2, -0.15) is 0 Å². The summed E-state index contributed by atoms with van der Waals surface area (Å²) in [6.45, 7) is 3.89. The number of carbonyl (C=O) groups excluding carboxylic acids is 2. The molecule has 1 atom stereocenters. The lowest BCUT2D eigenvalue weighted by Crippen LogP contribution is -2.53. The molecule has 2 fully saturated rings. The fraction of sp³-hybridized carbons (Fsp3) is 0.417. The van der Waals surface area contributed by atoms with Crippen LogP contribution in [0.5, 0.6) is 0 Å². The summed E-state index contributed by atoms with van der Waals surface area (Å²) in [4.78, 5) is 28.7. The number of hydrogen-bond donors (Lipinski definition) is 2. The van der Waals surface area contributed by atoms with Crippen molar-refractivity contribution in [3.8, 4) is 11.1 Å². The second-order valence-corrected chi connectivity index (χ2v) is 9.40. The molecule has 8 heteroatoms. The summed E-state index contributed by atoms with van der Waals surface area (Å²) in [5.74, 6) is -0.300. The van der Waals surface area contributed by atoms with Crippen LogP contribution in [0.2, 0.25) is 5.02 Å². The minimum Gasteiger partial charge on any atom is -0.380 e. The number of nitrogens with zero attached hydrogens (tertiary/aromatic N) is 3. The van der Waals surface area contributed by atoms with Crippen molar-refractivity contribution in [3.63, 3.8) is 0 Å². The first-order valence-electron chi connectivity index (χ1n) is 11.0. The molecular weight excluding hydrogens is 428 g/mol. The van der Waals surface area contributed by atoms with Crippen LogP contribution in [0, 0.1) is 0 Å². The van der Waals surface area contributed by atoms with Crippen LogP contribution in [0.25, 0.3) is 11.1 Å². The third kappa shape index (κ3) is 3.64. The van der Waals surface area contributed by atoms with Gasteiger partial charge < -0.3 is 19.9 Å². The summed E-state index contributed by atoms with van der Waals surface area (Å²) in [6, 6.07) is 11.9. The van der Waals surface area contributed by atoms with Gasteiger partial charge >= 0.3 is 0 Å². The lowest BCUT2D eigenvalue weighted by atomic mass is 9.98. The SMILES string of the molecule is CC1NN(C)c2ccc(-c3ccc(C(=O)N4CCN(C(=O)C5(O)CC5)CC4)cc3Cl)cc21. The molecule has 2 aromatic carbocycles. The number of aliphatic hydroxyl groups is 1. The molecule has 2 heterocycles. The normalized spacial score (nSPS) is 21.5. The van der Waals surface area contributed by atoms with Crippen molar-refractivity contribution in [2.75, 3.05) is 38.2 Å². The molecule has 7 nitrogen and oxygen atoms in total. The van der Waals surface area contributed by atoms with Gasteiger partial charge in [-0.1, -0.05) is 23.7 Å². The van der Waals surface area contributed by atoms with Crippen LogP contribution in [-0.2, 0) is 4.79 Å². The molecule has 3 aliphatic rings. The van der Waals surface area contributed by atoms with Crippen LogP contribution in [-0.4, -0.2) is 65.5 Å². The third-order valence-electron chi connectivity index (χ3n) is 6.75. The highest BCUT2D eigenvalue weighted by Crippen LogP contribution is 2.38. The van der Waals surface area contributed by atoms with Gasteiger partial charge in [0.15, 0.2) is 0 Å². The number of nitrogens with one attached hydrogen (secondary N) is 1. The van der Waals surface area contributed by atoms with Gasteiger partial charge in [-0.25, -0.2) is 5.43 Å². The van der Waals surface area contributed by atoms with Gasteiger partial charge in [0.2, 0.25) is 0 Å². The van der Waals surface area contributed by atoms with E-state index in [2.05, 4.69) is 24.5 Å². The molecule has 0 radical (unpaired) electrons. The fourth-order valence-electron chi connectivity index (χ4n) is 4.61. The zero-order valence-electron chi connectivity index (χ0n) is 18.3. The molecule has 2 N–H and O–H groups in total. The molecule has 2 aromatic rings. The summed E-state index contributed by atoms with van der Waals surface area (Å²) >= 11 is 6.61. The maximum Gasteiger partial charge on any atom is 0.254 e. The minimum atomic E-state index is -1.16. The molecule has 5 rings (SSSR count). The number of rotatable bonds is 3. The van der Waals surface area contributed by atoms with Gasteiger partial charge in [0.25, 0.3) is 11.8 Å². The molecule has 2 aliphatic heterocycles. The highest BCUT2D eigenvalue weighted by Gasteiger charge is 2.50. The summed E-state index contributed by atoms with van der Waals surface area (Å²) < 4.78 is 0. The van der Waals surface area contributed by atoms with Crippen LogP contribution >= 0.6 is 11.6 Å². The van der Waals surface area contributed by atoms with Crippen molar-refractivity contribution in [1.82, 2.24) is 15.2 Å². The number of benzene rings is 2. The zero-order chi connectivity index (χ0) is 22.6. The Kier molecular flexibility index (Phi) is 5.15. The van der Waals surface area contributed by atoms with Crippen molar-refractivity contribution in [2.24, 2.45) is 0 Å². The molecule has 32 heavy (non-hydrogen) atoms. The largest absolute Gasteiger partial charge is 0.380 e. The Morgan fingerprint density at radius 1 is 1.06 bits per heavy atom. The van der Waals surface area contributed by atoms with E-state index in [4.69, 9.17) is 11.6 Å². The molecule has 168 valence electrons. The lowest BCUT2D eigenvalue weighted by molar-refractivity contribution is -0.143. The molecular formula is C24H27ClN4O3. The van der Waals surface area contributed by atoms with E-state index in [0.717, 1.165) is 16.8 Å². The van der Waals surface area contributed by atoms with E-state index in [1.165, 1.54) is 5.56 Å². The predicted molar refractivity (Wildman–Crippen MR) is 124 cm³/mol. The van der Waals surface area contributed by atoms with E-state index in [0.29, 0.717) is 49.6 Å². The average Bonchev–Trinajstić information content (AvgIpc) is 3.49. The van der Waals surface area contributed by atoms with Gasteiger partial charge in [-0.05, 0) is 55.2 Å². The first-order chi connectivity index (χ1) is 15.3. The van der Waals surface area contributed by atoms with Crippen molar-refractivity contribution in [3.05, 3.63) is 52.5 Å². The number of halogens is 1.